The van der Waals surface area contributed by atoms with Gasteiger partial charge in [0.05, 0.1) is 25.0 Å². The van der Waals surface area contributed by atoms with E-state index < -0.39 is 47.2 Å². The van der Waals surface area contributed by atoms with Gasteiger partial charge >= 0.3 is 18.0 Å². The van der Waals surface area contributed by atoms with Crippen LogP contribution in [-0.4, -0.2) is 87.4 Å². The van der Waals surface area contributed by atoms with E-state index in [4.69, 9.17) is 48.6 Å². The van der Waals surface area contributed by atoms with Crippen molar-refractivity contribution in [1.29, 1.82) is 0 Å². The monoisotopic (exact) mass is 700 g/mol. The highest BCUT2D eigenvalue weighted by Gasteiger charge is 2.58. The van der Waals surface area contributed by atoms with E-state index in [9.17, 15) is 19.2 Å². The molecule has 3 aromatic rings. The number of anilines is 1. The fourth-order valence-corrected chi connectivity index (χ4v) is 6.26. The minimum atomic E-state index is -2.09. The van der Waals surface area contributed by atoms with Crippen molar-refractivity contribution in [1.82, 2.24) is 24.8 Å². The van der Waals surface area contributed by atoms with E-state index in [1.165, 1.54) is 24.7 Å². The zero-order valence-corrected chi connectivity index (χ0v) is 28.2. The molecule has 48 heavy (non-hydrogen) atoms. The minimum absolute atomic E-state index is 0.00159. The van der Waals surface area contributed by atoms with E-state index in [0.29, 0.717) is 24.3 Å². The third kappa shape index (κ3) is 6.55. The summed E-state index contributed by atoms with van der Waals surface area (Å²) in [4.78, 5) is 65.6. The largest absolute Gasteiger partial charge is 0.463 e. The van der Waals surface area contributed by atoms with E-state index in [1.54, 1.807) is 43.0 Å². The van der Waals surface area contributed by atoms with Crippen molar-refractivity contribution >= 4 is 63.8 Å². The minimum Gasteiger partial charge on any atom is -0.463 e. The Hall–Kier alpha value is -4.29. The number of hydrogen-bond donors (Lipinski definition) is 1. The average Bonchev–Trinajstić information content (AvgIpc) is 3.58. The number of Topliss-reactive ketones (excluding diaryl/α,β-unsaturated/α-hetero) is 1. The van der Waals surface area contributed by atoms with Gasteiger partial charge in [-0.2, -0.15) is 4.98 Å². The number of benzene rings is 1. The number of ketones is 1. The van der Waals surface area contributed by atoms with Crippen molar-refractivity contribution in [3.05, 3.63) is 46.6 Å². The summed E-state index contributed by atoms with van der Waals surface area (Å²) in [5, 5.41) is 2.65. The second kappa shape index (κ2) is 14.1. The molecule has 16 heteroatoms. The molecule has 1 N–H and O–H groups in total. The number of aromatic nitrogens is 4. The smallest absolute Gasteiger partial charge is 0.346 e. The standard InChI is InChI=1S/C32H34Cl2N6O8/c1-6-31(5)22(48-27(24(31)47-19(4)42)40-17-36-23-25(33)37-29(34)38-26(23)40)16-46-32(18(3)41,28(43)45-7-2)15-20-9-11-21(12-10-20)39-14-8-13-35-30(39)44/h1,9-12,17,22,24,27H,7-8,13-16H2,2-5H3,(H,35,44)/t22-,24+,27-,31+,32?/m1/s1. The molecule has 1 aromatic carbocycles. The quantitative estimate of drug-likeness (QED) is 0.102. The number of carbonyl (C=O) groups excluding carboxylic acids is 4. The van der Waals surface area contributed by atoms with Gasteiger partial charge in [-0.1, -0.05) is 29.7 Å². The summed E-state index contributed by atoms with van der Waals surface area (Å²) in [7, 11) is 0. The van der Waals surface area contributed by atoms with E-state index in [2.05, 4.69) is 26.2 Å². The number of hydrogen-bond acceptors (Lipinski definition) is 11. The number of amides is 2. The number of ether oxygens (including phenoxy) is 4. The topological polar surface area (TPSA) is 164 Å². The van der Waals surface area contributed by atoms with Crippen molar-refractivity contribution < 1.29 is 38.1 Å². The number of terminal acetylenes is 1. The molecule has 1 unspecified atom stereocenters. The number of nitrogens with one attached hydrogen (secondary N) is 1. The van der Waals surface area contributed by atoms with Crippen molar-refractivity contribution in [2.75, 3.05) is 31.2 Å². The molecule has 0 spiro atoms. The van der Waals surface area contributed by atoms with Crippen LogP contribution in [0, 0.1) is 17.8 Å². The van der Waals surface area contributed by atoms with E-state index in [-0.39, 0.29) is 47.3 Å². The van der Waals surface area contributed by atoms with Gasteiger partial charge in [0, 0.05) is 32.1 Å². The second-order valence-corrected chi connectivity index (χ2v) is 12.3. The summed E-state index contributed by atoms with van der Waals surface area (Å²) in [5.41, 5.74) is -1.80. The van der Waals surface area contributed by atoms with E-state index >= 15 is 0 Å². The molecule has 2 aromatic heterocycles. The highest BCUT2D eigenvalue weighted by Crippen LogP contribution is 2.46. The van der Waals surface area contributed by atoms with Gasteiger partial charge in [-0.15, -0.1) is 6.42 Å². The maximum Gasteiger partial charge on any atom is 0.346 e. The number of halogens is 2. The van der Waals surface area contributed by atoms with Gasteiger partial charge in [0.25, 0.3) is 0 Å². The number of esters is 2. The summed E-state index contributed by atoms with van der Waals surface area (Å²) in [5.74, 6) is 0.531. The molecule has 0 bridgehead atoms. The fourth-order valence-electron chi connectivity index (χ4n) is 5.84. The van der Waals surface area contributed by atoms with Crippen LogP contribution >= 0.6 is 23.2 Å². The lowest BCUT2D eigenvalue weighted by Crippen LogP contribution is -2.53. The summed E-state index contributed by atoms with van der Waals surface area (Å²) in [6.07, 6.45) is 4.80. The first-order valence-electron chi connectivity index (χ1n) is 15.2. The van der Waals surface area contributed by atoms with Crippen molar-refractivity contribution in [3.63, 3.8) is 0 Å². The first kappa shape index (κ1) is 35.0. The lowest BCUT2D eigenvalue weighted by Gasteiger charge is -2.33. The molecule has 0 aliphatic carbocycles. The first-order chi connectivity index (χ1) is 22.8. The van der Waals surface area contributed by atoms with Crippen LogP contribution in [0.1, 0.15) is 45.9 Å². The normalized spacial score (nSPS) is 23.6. The molecule has 2 amide bonds. The predicted octanol–water partition coefficient (Wildman–Crippen LogP) is 3.67. The molecule has 2 aliphatic heterocycles. The average molecular weight is 702 g/mol. The van der Waals surface area contributed by atoms with Crippen LogP contribution < -0.4 is 10.2 Å². The maximum atomic E-state index is 13.5. The number of rotatable bonds is 11. The zero-order valence-electron chi connectivity index (χ0n) is 26.7. The van der Waals surface area contributed by atoms with Gasteiger partial charge in [0.15, 0.2) is 28.9 Å². The Morgan fingerprint density at radius 1 is 1.21 bits per heavy atom. The molecule has 5 rings (SSSR count). The Morgan fingerprint density at radius 2 is 1.94 bits per heavy atom. The molecule has 2 fully saturated rings. The zero-order chi connectivity index (χ0) is 34.8. The van der Waals surface area contributed by atoms with Crippen molar-refractivity contribution in [3.8, 4) is 12.3 Å². The van der Waals surface area contributed by atoms with Gasteiger partial charge in [-0.05, 0) is 56.5 Å². The van der Waals surface area contributed by atoms with Crippen LogP contribution in [0.5, 0.6) is 0 Å². The van der Waals surface area contributed by atoms with Crippen LogP contribution in [0.15, 0.2) is 30.6 Å². The molecular weight excluding hydrogens is 667 g/mol. The first-order valence-corrected chi connectivity index (χ1v) is 15.9. The summed E-state index contributed by atoms with van der Waals surface area (Å²) in [6.45, 7) is 6.47. The van der Waals surface area contributed by atoms with Gasteiger partial charge < -0.3 is 24.3 Å². The molecule has 4 heterocycles. The maximum absolute atomic E-state index is 13.5. The Labute approximate surface area is 286 Å². The number of urea groups is 1. The highest BCUT2D eigenvalue weighted by molar-refractivity contribution is 6.35. The van der Waals surface area contributed by atoms with Crippen LogP contribution in [-0.2, 0) is 39.8 Å². The number of imidazole rings is 1. The lowest BCUT2D eigenvalue weighted by atomic mass is 9.81. The van der Waals surface area contributed by atoms with Crippen LogP contribution in [0.4, 0.5) is 10.5 Å². The van der Waals surface area contributed by atoms with Crippen LogP contribution in [0.3, 0.4) is 0 Å². The van der Waals surface area contributed by atoms with Gasteiger partial charge in [-0.25, -0.2) is 19.6 Å². The molecule has 2 aliphatic rings. The number of carbonyl (C=O) groups is 4. The Bertz CT molecular complexity index is 1780. The third-order valence-corrected chi connectivity index (χ3v) is 8.92. The van der Waals surface area contributed by atoms with Crippen molar-refractivity contribution in [2.24, 2.45) is 5.41 Å². The van der Waals surface area contributed by atoms with Gasteiger partial charge in [0.1, 0.15) is 11.6 Å². The molecular formula is C32H34Cl2N6O8. The van der Waals surface area contributed by atoms with E-state index in [0.717, 1.165) is 6.42 Å². The van der Waals surface area contributed by atoms with Crippen LogP contribution in [0.2, 0.25) is 10.4 Å². The summed E-state index contributed by atoms with van der Waals surface area (Å²) < 4.78 is 25.2. The van der Waals surface area contributed by atoms with E-state index in [1.807, 2.05) is 0 Å². The fraction of sp³-hybridized carbons (Fsp3) is 0.469. The number of nitrogens with zero attached hydrogens (tertiary/aromatic N) is 5. The Kier molecular flexibility index (Phi) is 10.3. The summed E-state index contributed by atoms with van der Waals surface area (Å²) in [6, 6.07) is 6.69. The van der Waals surface area contributed by atoms with Crippen LogP contribution in [0.25, 0.3) is 11.2 Å². The highest BCUT2D eigenvalue weighted by atomic mass is 35.5. The van der Waals surface area contributed by atoms with Gasteiger partial charge in [-0.3, -0.25) is 19.1 Å². The predicted molar refractivity (Wildman–Crippen MR) is 173 cm³/mol. The molecule has 0 saturated carbocycles. The number of fused-ring (bicyclic) bond motifs is 1. The van der Waals surface area contributed by atoms with Crippen molar-refractivity contribution in [2.45, 2.75) is 64.6 Å². The molecule has 14 nitrogen and oxygen atoms in total. The lowest BCUT2D eigenvalue weighted by molar-refractivity contribution is -0.182. The Morgan fingerprint density at radius 3 is 2.56 bits per heavy atom. The molecule has 254 valence electrons. The SMILES string of the molecule is C#C[C@@]1(C)[C@@H](COC(Cc2ccc(N3CCCNC3=O)cc2)(C(C)=O)C(=O)OCC)O[C@@H](n2cnc3c(Cl)nc(Cl)nc32)[C@@H]1OC(C)=O. The molecule has 5 atom stereocenters. The summed E-state index contributed by atoms with van der Waals surface area (Å²) >= 11 is 12.3. The molecule has 2 saturated heterocycles. The van der Waals surface area contributed by atoms with Gasteiger partial charge in [0.2, 0.25) is 10.9 Å². The second-order valence-electron chi connectivity index (χ2n) is 11.6. The Balaban J connectivity index is 1.47. The third-order valence-electron chi connectivity index (χ3n) is 8.49. The molecule has 0 radical (unpaired) electrons.